The minimum atomic E-state index is -4.42. The first-order valence-corrected chi connectivity index (χ1v) is 7.37. The summed E-state index contributed by atoms with van der Waals surface area (Å²) in [4.78, 5) is 0. The van der Waals surface area contributed by atoms with E-state index in [-0.39, 0.29) is 5.03 Å². The monoisotopic (exact) mass is 319 g/mol. The Morgan fingerprint density at radius 1 is 1.19 bits per heavy atom. The van der Waals surface area contributed by atoms with Crippen LogP contribution in [0.3, 0.4) is 0 Å². The number of hydrogen-bond donors (Lipinski definition) is 2. The molecule has 114 valence electrons. The second kappa shape index (κ2) is 5.49. The summed E-state index contributed by atoms with van der Waals surface area (Å²) in [5.74, 6) is 0. The third kappa shape index (κ3) is 3.61. The van der Waals surface area contributed by atoms with E-state index in [1.54, 1.807) is 0 Å². The third-order valence-electron chi connectivity index (χ3n) is 2.83. The topological polar surface area (TPSA) is 74.8 Å². The van der Waals surface area contributed by atoms with E-state index in [0.29, 0.717) is 5.56 Å². The highest BCUT2D eigenvalue weighted by molar-refractivity contribution is 7.89. The highest BCUT2D eigenvalue weighted by Gasteiger charge is 2.30. The summed E-state index contributed by atoms with van der Waals surface area (Å²) in [6.07, 6.45) is -3.13. The van der Waals surface area contributed by atoms with Crippen molar-refractivity contribution in [2.24, 2.45) is 0 Å². The van der Waals surface area contributed by atoms with Crippen LogP contribution in [0.2, 0.25) is 0 Å². The molecule has 0 bridgehead atoms. The van der Waals surface area contributed by atoms with Crippen LogP contribution in [0.25, 0.3) is 0 Å². The second-order valence-electron chi connectivity index (χ2n) is 4.38. The molecular weight excluding hydrogens is 307 g/mol. The van der Waals surface area contributed by atoms with Crippen molar-refractivity contribution in [3.8, 4) is 0 Å². The van der Waals surface area contributed by atoms with Crippen LogP contribution in [0, 0.1) is 0 Å². The Labute approximate surface area is 119 Å². The number of H-pyrrole nitrogens is 1. The van der Waals surface area contributed by atoms with Crippen LogP contribution in [0.4, 0.5) is 13.2 Å². The minimum Gasteiger partial charge on any atom is -0.266 e. The number of halogens is 3. The van der Waals surface area contributed by atoms with Crippen molar-refractivity contribution < 1.29 is 21.6 Å². The van der Waals surface area contributed by atoms with Gasteiger partial charge in [-0.15, -0.1) is 0 Å². The lowest BCUT2D eigenvalue weighted by Gasteiger charge is -2.15. The zero-order valence-electron chi connectivity index (χ0n) is 10.8. The van der Waals surface area contributed by atoms with Gasteiger partial charge in [-0.1, -0.05) is 12.1 Å². The van der Waals surface area contributed by atoms with Crippen LogP contribution in [0.5, 0.6) is 0 Å². The number of alkyl halides is 3. The molecule has 1 unspecified atom stereocenters. The molecule has 0 radical (unpaired) electrons. The van der Waals surface area contributed by atoms with Gasteiger partial charge in [-0.05, 0) is 30.7 Å². The maximum absolute atomic E-state index is 12.5. The molecular formula is C12H12F3N3O2S. The van der Waals surface area contributed by atoms with Crippen molar-refractivity contribution in [1.29, 1.82) is 0 Å². The summed E-state index contributed by atoms with van der Waals surface area (Å²) in [6, 6.07) is 4.90. The molecule has 0 amide bonds. The van der Waals surface area contributed by atoms with Crippen molar-refractivity contribution >= 4 is 10.0 Å². The Morgan fingerprint density at radius 3 is 2.29 bits per heavy atom. The molecule has 9 heteroatoms. The summed E-state index contributed by atoms with van der Waals surface area (Å²) in [5.41, 5.74) is -0.360. The summed E-state index contributed by atoms with van der Waals surface area (Å²) in [5, 5.41) is 5.74. The fourth-order valence-electron chi connectivity index (χ4n) is 1.72. The summed E-state index contributed by atoms with van der Waals surface area (Å²) >= 11 is 0. The van der Waals surface area contributed by atoms with Crippen molar-refractivity contribution in [3.63, 3.8) is 0 Å². The smallest absolute Gasteiger partial charge is 0.266 e. The van der Waals surface area contributed by atoms with Crippen LogP contribution in [-0.4, -0.2) is 18.6 Å². The van der Waals surface area contributed by atoms with Gasteiger partial charge in [0.2, 0.25) is 0 Å². The average molecular weight is 319 g/mol. The minimum absolute atomic E-state index is 0.110. The molecule has 0 fully saturated rings. The van der Waals surface area contributed by atoms with Crippen molar-refractivity contribution in [2.45, 2.75) is 24.2 Å². The number of aromatic nitrogens is 2. The highest BCUT2D eigenvalue weighted by Crippen LogP contribution is 2.30. The fraction of sp³-hybridized carbons (Fsp3) is 0.250. The number of benzene rings is 1. The van der Waals surface area contributed by atoms with Crippen molar-refractivity contribution in [1.82, 2.24) is 14.9 Å². The van der Waals surface area contributed by atoms with Gasteiger partial charge in [0.1, 0.15) is 0 Å². The van der Waals surface area contributed by atoms with Crippen LogP contribution < -0.4 is 4.72 Å². The molecule has 1 heterocycles. The maximum atomic E-state index is 12.5. The van der Waals surface area contributed by atoms with E-state index in [2.05, 4.69) is 14.9 Å². The van der Waals surface area contributed by atoms with Crippen LogP contribution >= 0.6 is 0 Å². The molecule has 2 rings (SSSR count). The number of nitrogens with zero attached hydrogens (tertiary/aromatic N) is 1. The highest BCUT2D eigenvalue weighted by atomic mass is 32.2. The summed E-state index contributed by atoms with van der Waals surface area (Å²) < 4.78 is 63.6. The first-order valence-electron chi connectivity index (χ1n) is 5.89. The molecule has 0 spiro atoms. The molecule has 21 heavy (non-hydrogen) atoms. The fourth-order valence-corrected chi connectivity index (χ4v) is 2.86. The van der Waals surface area contributed by atoms with Gasteiger partial charge in [-0.25, -0.2) is 13.1 Å². The lowest BCUT2D eigenvalue weighted by molar-refractivity contribution is -0.137. The molecule has 0 aliphatic carbocycles. The molecule has 0 aliphatic rings. The van der Waals surface area contributed by atoms with E-state index in [4.69, 9.17) is 0 Å². The molecule has 2 N–H and O–H groups in total. The summed E-state index contributed by atoms with van der Waals surface area (Å²) in [7, 11) is -3.79. The molecule has 1 aromatic heterocycles. The van der Waals surface area contributed by atoms with Gasteiger partial charge in [-0.2, -0.15) is 18.3 Å². The predicted octanol–water partition coefficient (Wildman–Crippen LogP) is 2.47. The van der Waals surface area contributed by atoms with Crippen LogP contribution in [-0.2, 0) is 16.2 Å². The van der Waals surface area contributed by atoms with E-state index in [9.17, 15) is 21.6 Å². The van der Waals surface area contributed by atoms with E-state index in [0.717, 1.165) is 12.1 Å². The first kappa shape index (κ1) is 15.5. The van der Waals surface area contributed by atoms with E-state index in [1.807, 2.05) is 0 Å². The molecule has 0 saturated heterocycles. The van der Waals surface area contributed by atoms with Crippen LogP contribution in [0.1, 0.15) is 24.1 Å². The van der Waals surface area contributed by atoms with Gasteiger partial charge in [0.05, 0.1) is 11.8 Å². The number of nitrogens with one attached hydrogen (secondary N) is 2. The predicted molar refractivity (Wildman–Crippen MR) is 68.8 cm³/mol. The lowest BCUT2D eigenvalue weighted by atomic mass is 10.1. The van der Waals surface area contributed by atoms with Gasteiger partial charge in [0.25, 0.3) is 10.0 Å². The molecule has 1 aromatic carbocycles. The lowest BCUT2D eigenvalue weighted by Crippen LogP contribution is -2.27. The quantitative estimate of drug-likeness (QED) is 0.909. The van der Waals surface area contributed by atoms with Gasteiger partial charge < -0.3 is 0 Å². The Morgan fingerprint density at radius 2 is 1.81 bits per heavy atom. The van der Waals surface area contributed by atoms with Crippen LogP contribution in [0.15, 0.2) is 41.6 Å². The van der Waals surface area contributed by atoms with E-state index < -0.39 is 27.8 Å². The van der Waals surface area contributed by atoms with Gasteiger partial charge >= 0.3 is 6.18 Å². The first-order chi connectivity index (χ1) is 9.70. The van der Waals surface area contributed by atoms with Gasteiger partial charge in [0.15, 0.2) is 5.03 Å². The molecule has 1 atom stereocenters. The number of hydrogen-bond acceptors (Lipinski definition) is 3. The van der Waals surface area contributed by atoms with Crippen molar-refractivity contribution in [3.05, 3.63) is 47.7 Å². The molecule has 0 saturated carbocycles. The SMILES string of the molecule is CC(NS(=O)(=O)c1ccn[nH]1)c1ccc(C(F)(F)F)cc1. The van der Waals surface area contributed by atoms with E-state index >= 15 is 0 Å². The number of aromatic amines is 1. The van der Waals surface area contributed by atoms with Gasteiger partial charge in [-0.3, -0.25) is 5.10 Å². The largest absolute Gasteiger partial charge is 0.416 e. The van der Waals surface area contributed by atoms with E-state index in [1.165, 1.54) is 31.3 Å². The Bertz CT molecular complexity index is 694. The molecule has 5 nitrogen and oxygen atoms in total. The third-order valence-corrected chi connectivity index (χ3v) is 4.30. The Kier molecular flexibility index (Phi) is 4.06. The maximum Gasteiger partial charge on any atom is 0.416 e. The zero-order chi connectivity index (χ0) is 15.7. The summed E-state index contributed by atoms with van der Waals surface area (Å²) in [6.45, 7) is 1.54. The number of sulfonamides is 1. The Hall–Kier alpha value is -1.87. The Balaban J connectivity index is 2.16. The average Bonchev–Trinajstić information content (AvgIpc) is 2.92. The van der Waals surface area contributed by atoms with Crippen molar-refractivity contribution in [2.75, 3.05) is 0 Å². The normalized spacial score (nSPS) is 14.1. The standard InChI is InChI=1S/C12H12F3N3O2S/c1-8(18-21(19,20)11-6-7-16-17-11)9-2-4-10(5-3-9)12(13,14)15/h2-8,18H,1H3,(H,16,17). The van der Waals surface area contributed by atoms with Gasteiger partial charge in [0, 0.05) is 6.04 Å². The molecule has 2 aromatic rings. The second-order valence-corrected chi connectivity index (χ2v) is 6.07. The molecule has 0 aliphatic heterocycles. The zero-order valence-corrected chi connectivity index (χ0v) is 11.7. The number of rotatable bonds is 4.